The molecule has 12 heavy (non-hydrogen) atoms. The predicted octanol–water partition coefficient (Wildman–Crippen LogP) is 2.55. The van der Waals surface area contributed by atoms with E-state index in [1.165, 1.54) is 25.0 Å². The molecule has 70 valence electrons. The second kappa shape index (κ2) is 3.92. The van der Waals surface area contributed by atoms with Crippen LogP contribution in [-0.2, 0) is 0 Å². The minimum absolute atomic E-state index is 0.463. The molecule has 0 radical (unpaired) electrons. The molecule has 0 saturated heterocycles. The van der Waals surface area contributed by atoms with Crippen LogP contribution in [-0.4, -0.2) is 12.3 Å². The maximum Gasteiger partial charge on any atom is 0.0383 e. The minimum atomic E-state index is 0.463. The monoisotopic (exact) mass is 168 g/mol. The molecule has 1 aliphatic rings. The predicted molar refractivity (Wildman–Crippen MR) is 53.4 cm³/mol. The Hall–Kier alpha value is -0.530. The van der Waals surface area contributed by atoms with E-state index in [2.05, 4.69) is 31.3 Å². The van der Waals surface area contributed by atoms with E-state index in [4.69, 9.17) is 0 Å². The van der Waals surface area contributed by atoms with Gasteiger partial charge in [-0.05, 0) is 38.0 Å². The van der Waals surface area contributed by atoms with Crippen molar-refractivity contribution in [3.05, 3.63) is 0 Å². The third-order valence-corrected chi connectivity index (χ3v) is 2.95. The zero-order valence-electron chi connectivity index (χ0n) is 8.48. The highest BCUT2D eigenvalue weighted by molar-refractivity contribution is 5.81. The Morgan fingerprint density at radius 3 is 3.00 bits per heavy atom. The normalized spacial score (nSPS) is 35.8. The largest absolute Gasteiger partial charge is 0.310 e. The summed E-state index contributed by atoms with van der Waals surface area (Å²) < 4.78 is 0. The Morgan fingerprint density at radius 2 is 2.33 bits per heavy atom. The van der Waals surface area contributed by atoms with Crippen LogP contribution in [0, 0.1) is 5.41 Å². The SMILES string of the molecule is CCC1(C)CCC/C(C)=N\NC1. The lowest BCUT2D eigenvalue weighted by atomic mass is 9.82. The Balaban J connectivity index is 2.53. The quantitative estimate of drug-likeness (QED) is 0.639. The third kappa shape index (κ3) is 2.50. The van der Waals surface area contributed by atoms with Gasteiger partial charge in [0.2, 0.25) is 0 Å². The van der Waals surface area contributed by atoms with Crippen LogP contribution in [0.25, 0.3) is 0 Å². The first-order valence-corrected chi connectivity index (χ1v) is 4.92. The van der Waals surface area contributed by atoms with E-state index in [1.54, 1.807) is 0 Å². The van der Waals surface area contributed by atoms with Gasteiger partial charge in [-0.2, -0.15) is 5.10 Å². The van der Waals surface area contributed by atoms with Crippen LogP contribution in [0.1, 0.15) is 46.5 Å². The molecule has 0 amide bonds. The fourth-order valence-electron chi connectivity index (χ4n) is 1.58. The summed E-state index contributed by atoms with van der Waals surface area (Å²) in [6.45, 7) is 7.73. The van der Waals surface area contributed by atoms with Crippen LogP contribution in [0.3, 0.4) is 0 Å². The fourth-order valence-corrected chi connectivity index (χ4v) is 1.58. The van der Waals surface area contributed by atoms with Gasteiger partial charge in [-0.1, -0.05) is 13.8 Å². The Labute approximate surface area is 75.4 Å². The van der Waals surface area contributed by atoms with Crippen LogP contribution >= 0.6 is 0 Å². The molecule has 0 aromatic rings. The molecule has 1 atom stereocenters. The fraction of sp³-hybridized carbons (Fsp3) is 0.900. The van der Waals surface area contributed by atoms with Gasteiger partial charge in [0.05, 0.1) is 0 Å². The van der Waals surface area contributed by atoms with Gasteiger partial charge < -0.3 is 5.43 Å². The molecule has 1 N–H and O–H groups in total. The standard InChI is InChI=1S/C10H20N2/c1-4-10(3)7-5-6-9(2)12-11-8-10/h11H,4-8H2,1-3H3/b12-9-. The highest BCUT2D eigenvalue weighted by atomic mass is 15.3. The lowest BCUT2D eigenvalue weighted by Gasteiger charge is -2.29. The summed E-state index contributed by atoms with van der Waals surface area (Å²) in [5, 5.41) is 4.29. The average Bonchev–Trinajstić information content (AvgIpc) is 2.01. The molecule has 2 nitrogen and oxygen atoms in total. The molecular weight excluding hydrogens is 148 g/mol. The number of hydrogen-bond donors (Lipinski definition) is 1. The van der Waals surface area contributed by atoms with E-state index in [0.717, 1.165) is 13.0 Å². The van der Waals surface area contributed by atoms with Crippen LogP contribution in [0.5, 0.6) is 0 Å². The molecule has 0 aliphatic carbocycles. The zero-order chi connectivity index (χ0) is 9.03. The van der Waals surface area contributed by atoms with Crippen molar-refractivity contribution in [1.29, 1.82) is 0 Å². The van der Waals surface area contributed by atoms with Gasteiger partial charge in [-0.3, -0.25) is 0 Å². The lowest BCUT2D eigenvalue weighted by Crippen LogP contribution is -2.30. The number of hydrogen-bond acceptors (Lipinski definition) is 2. The summed E-state index contributed by atoms with van der Waals surface area (Å²) in [6.07, 6.45) is 5.02. The first-order chi connectivity index (χ1) is 5.66. The van der Waals surface area contributed by atoms with Gasteiger partial charge in [0, 0.05) is 12.3 Å². The van der Waals surface area contributed by atoms with Crippen molar-refractivity contribution in [2.45, 2.75) is 46.5 Å². The van der Waals surface area contributed by atoms with Crippen molar-refractivity contribution in [1.82, 2.24) is 5.43 Å². The number of nitrogens with one attached hydrogen (secondary N) is 1. The highest BCUT2D eigenvalue weighted by Gasteiger charge is 2.22. The minimum Gasteiger partial charge on any atom is -0.310 e. The first-order valence-electron chi connectivity index (χ1n) is 4.92. The zero-order valence-corrected chi connectivity index (χ0v) is 8.48. The Kier molecular flexibility index (Phi) is 3.12. The molecule has 1 aliphatic heterocycles. The van der Waals surface area contributed by atoms with Crippen molar-refractivity contribution in [2.24, 2.45) is 10.5 Å². The Bertz CT molecular complexity index is 175. The van der Waals surface area contributed by atoms with E-state index in [0.29, 0.717) is 5.41 Å². The summed E-state index contributed by atoms with van der Waals surface area (Å²) in [5.74, 6) is 0. The van der Waals surface area contributed by atoms with Crippen molar-refractivity contribution in [2.75, 3.05) is 6.54 Å². The van der Waals surface area contributed by atoms with Crippen LogP contribution in [0.4, 0.5) is 0 Å². The summed E-state index contributed by atoms with van der Waals surface area (Å²) in [5.41, 5.74) is 4.87. The molecule has 1 rings (SSSR count). The van der Waals surface area contributed by atoms with Crippen molar-refractivity contribution >= 4 is 5.71 Å². The summed E-state index contributed by atoms with van der Waals surface area (Å²) >= 11 is 0. The van der Waals surface area contributed by atoms with Gasteiger partial charge in [-0.15, -0.1) is 0 Å². The maximum absolute atomic E-state index is 4.29. The highest BCUT2D eigenvalue weighted by Crippen LogP contribution is 2.28. The molecule has 0 saturated carbocycles. The van der Waals surface area contributed by atoms with E-state index in [-0.39, 0.29) is 0 Å². The van der Waals surface area contributed by atoms with Gasteiger partial charge >= 0.3 is 0 Å². The molecule has 1 unspecified atom stereocenters. The second-order valence-corrected chi connectivity index (χ2v) is 4.20. The van der Waals surface area contributed by atoms with Gasteiger partial charge in [0.15, 0.2) is 0 Å². The molecule has 0 aromatic heterocycles. The Morgan fingerprint density at radius 1 is 1.58 bits per heavy atom. The van der Waals surface area contributed by atoms with Crippen LogP contribution in [0.15, 0.2) is 5.10 Å². The van der Waals surface area contributed by atoms with Crippen LogP contribution in [0.2, 0.25) is 0 Å². The molecule has 0 aromatic carbocycles. The molecule has 1 heterocycles. The first kappa shape index (κ1) is 9.56. The van der Waals surface area contributed by atoms with Crippen LogP contribution < -0.4 is 5.43 Å². The summed E-state index contributed by atoms with van der Waals surface area (Å²) in [4.78, 5) is 0. The number of nitrogens with zero attached hydrogens (tertiary/aromatic N) is 1. The van der Waals surface area contributed by atoms with Crippen molar-refractivity contribution in [3.63, 3.8) is 0 Å². The maximum atomic E-state index is 4.29. The summed E-state index contributed by atoms with van der Waals surface area (Å²) in [7, 11) is 0. The molecule has 0 bridgehead atoms. The topological polar surface area (TPSA) is 24.4 Å². The van der Waals surface area contributed by atoms with E-state index < -0.39 is 0 Å². The van der Waals surface area contributed by atoms with Gasteiger partial charge in [0.25, 0.3) is 0 Å². The average molecular weight is 168 g/mol. The number of rotatable bonds is 1. The van der Waals surface area contributed by atoms with Gasteiger partial charge in [0.1, 0.15) is 0 Å². The van der Waals surface area contributed by atoms with E-state index >= 15 is 0 Å². The molecule has 0 fully saturated rings. The van der Waals surface area contributed by atoms with E-state index in [1.807, 2.05) is 0 Å². The van der Waals surface area contributed by atoms with Gasteiger partial charge in [-0.25, -0.2) is 0 Å². The number of hydrazone groups is 1. The van der Waals surface area contributed by atoms with Crippen molar-refractivity contribution in [3.8, 4) is 0 Å². The molecule has 0 spiro atoms. The summed E-state index contributed by atoms with van der Waals surface area (Å²) in [6, 6.07) is 0. The lowest BCUT2D eigenvalue weighted by molar-refractivity contribution is 0.262. The van der Waals surface area contributed by atoms with E-state index in [9.17, 15) is 0 Å². The molecule has 2 heteroatoms. The third-order valence-electron chi connectivity index (χ3n) is 2.95. The molecular formula is C10H20N2. The second-order valence-electron chi connectivity index (χ2n) is 4.20. The van der Waals surface area contributed by atoms with Crippen molar-refractivity contribution < 1.29 is 0 Å². The smallest absolute Gasteiger partial charge is 0.0383 e.